The summed E-state index contributed by atoms with van der Waals surface area (Å²) in [5, 5.41) is 0. The van der Waals surface area contributed by atoms with Crippen molar-refractivity contribution in [2.24, 2.45) is 5.41 Å². The molecule has 2 aliphatic rings. The van der Waals surface area contributed by atoms with Crippen LogP contribution in [0.3, 0.4) is 0 Å². The van der Waals surface area contributed by atoms with Gasteiger partial charge in [0.15, 0.2) is 0 Å². The average molecular weight is 258 g/mol. The van der Waals surface area contributed by atoms with Crippen molar-refractivity contribution in [2.45, 2.75) is 44.4 Å². The topological polar surface area (TPSA) is 73.1 Å². The Morgan fingerprint density at radius 1 is 1.11 bits per heavy atom. The van der Waals surface area contributed by atoms with Crippen molar-refractivity contribution in [2.75, 3.05) is 5.73 Å². The average Bonchev–Trinajstić information content (AvgIpc) is 2.70. The SMILES string of the molecule is Nc1ccc(C2CCC3(CC2)C(=O)CCC3=O)nc1. The molecule has 100 valence electrons. The van der Waals surface area contributed by atoms with Gasteiger partial charge >= 0.3 is 0 Å². The number of aromatic nitrogens is 1. The van der Waals surface area contributed by atoms with Crippen LogP contribution >= 0.6 is 0 Å². The molecule has 1 spiro atoms. The minimum Gasteiger partial charge on any atom is -0.397 e. The van der Waals surface area contributed by atoms with Crippen molar-refractivity contribution in [3.05, 3.63) is 24.0 Å². The van der Waals surface area contributed by atoms with Gasteiger partial charge in [-0.3, -0.25) is 14.6 Å². The van der Waals surface area contributed by atoms with Gasteiger partial charge in [0.1, 0.15) is 11.6 Å². The molecule has 2 N–H and O–H groups in total. The first-order valence-corrected chi connectivity index (χ1v) is 6.90. The normalized spacial score (nSPS) is 23.2. The van der Waals surface area contributed by atoms with Gasteiger partial charge in [0.25, 0.3) is 0 Å². The third-order valence-electron chi connectivity index (χ3n) is 4.71. The second kappa shape index (κ2) is 4.44. The van der Waals surface area contributed by atoms with E-state index in [1.807, 2.05) is 12.1 Å². The maximum atomic E-state index is 12.0. The Bertz CT molecular complexity index is 495. The first-order valence-electron chi connectivity index (χ1n) is 6.90. The minimum absolute atomic E-state index is 0.168. The number of anilines is 1. The number of ketones is 2. The fraction of sp³-hybridized carbons (Fsp3) is 0.533. The molecule has 3 rings (SSSR count). The van der Waals surface area contributed by atoms with Crippen molar-refractivity contribution in [1.29, 1.82) is 0 Å². The quantitative estimate of drug-likeness (QED) is 0.784. The van der Waals surface area contributed by atoms with Crippen molar-refractivity contribution >= 4 is 17.3 Å². The first-order chi connectivity index (χ1) is 9.12. The van der Waals surface area contributed by atoms with E-state index in [1.165, 1.54) is 0 Å². The third-order valence-corrected chi connectivity index (χ3v) is 4.71. The molecule has 0 bridgehead atoms. The van der Waals surface area contributed by atoms with Crippen molar-refractivity contribution in [3.8, 4) is 0 Å². The predicted molar refractivity (Wildman–Crippen MR) is 71.5 cm³/mol. The first kappa shape index (κ1) is 12.3. The monoisotopic (exact) mass is 258 g/mol. The maximum Gasteiger partial charge on any atom is 0.146 e. The van der Waals surface area contributed by atoms with Crippen LogP contribution in [0.1, 0.15) is 50.1 Å². The lowest BCUT2D eigenvalue weighted by Gasteiger charge is -2.34. The highest BCUT2D eigenvalue weighted by molar-refractivity contribution is 6.12. The van der Waals surface area contributed by atoms with E-state index in [0.717, 1.165) is 18.5 Å². The molecule has 2 fully saturated rings. The highest BCUT2D eigenvalue weighted by Gasteiger charge is 2.50. The molecule has 4 heteroatoms. The van der Waals surface area contributed by atoms with Crippen LogP contribution in [0.5, 0.6) is 0 Å². The van der Waals surface area contributed by atoms with Crippen molar-refractivity contribution < 1.29 is 9.59 Å². The smallest absolute Gasteiger partial charge is 0.146 e. The Morgan fingerprint density at radius 2 is 1.74 bits per heavy atom. The zero-order valence-electron chi connectivity index (χ0n) is 10.9. The molecule has 0 radical (unpaired) electrons. The number of nitrogen functional groups attached to an aromatic ring is 1. The summed E-state index contributed by atoms with van der Waals surface area (Å²) in [5.74, 6) is 0.690. The van der Waals surface area contributed by atoms with Gasteiger partial charge in [0, 0.05) is 24.5 Å². The van der Waals surface area contributed by atoms with E-state index in [-0.39, 0.29) is 11.6 Å². The molecule has 1 aromatic rings. The molecular formula is C15H18N2O2. The van der Waals surface area contributed by atoms with Gasteiger partial charge in [-0.15, -0.1) is 0 Å². The zero-order chi connectivity index (χ0) is 13.5. The highest BCUT2D eigenvalue weighted by Crippen LogP contribution is 2.48. The fourth-order valence-electron chi connectivity index (χ4n) is 3.48. The number of carbonyl (C=O) groups is 2. The Kier molecular flexibility index (Phi) is 2.88. The summed E-state index contributed by atoms with van der Waals surface area (Å²) in [7, 11) is 0. The maximum absolute atomic E-state index is 12.0. The van der Waals surface area contributed by atoms with E-state index in [9.17, 15) is 9.59 Å². The van der Waals surface area contributed by atoms with Gasteiger partial charge < -0.3 is 5.73 Å². The summed E-state index contributed by atoms with van der Waals surface area (Å²) < 4.78 is 0. The molecule has 0 amide bonds. The van der Waals surface area contributed by atoms with E-state index in [4.69, 9.17) is 5.73 Å². The summed E-state index contributed by atoms with van der Waals surface area (Å²) in [4.78, 5) is 28.4. The van der Waals surface area contributed by atoms with E-state index in [2.05, 4.69) is 4.98 Å². The Balaban J connectivity index is 1.74. The molecule has 1 heterocycles. The van der Waals surface area contributed by atoms with Gasteiger partial charge in [-0.25, -0.2) is 0 Å². The molecule has 0 saturated heterocycles. The number of Topliss-reactive ketones (excluding diaryl/α,β-unsaturated/α-hetero) is 2. The standard InChI is InChI=1S/C15H18N2O2/c16-11-1-2-12(17-9-11)10-5-7-15(8-6-10)13(18)3-4-14(15)19/h1-2,9-10H,3-8,16H2. The summed E-state index contributed by atoms with van der Waals surface area (Å²) >= 11 is 0. The van der Waals surface area contributed by atoms with Gasteiger partial charge in [0.05, 0.1) is 17.3 Å². The number of nitrogens with two attached hydrogens (primary N) is 1. The summed E-state index contributed by atoms with van der Waals surface area (Å²) in [6.07, 6.45) is 5.70. The third kappa shape index (κ3) is 1.95. The zero-order valence-corrected chi connectivity index (χ0v) is 10.9. The second-order valence-corrected chi connectivity index (χ2v) is 5.72. The van der Waals surface area contributed by atoms with Crippen LogP contribution in [0, 0.1) is 5.41 Å². The number of nitrogens with zero attached hydrogens (tertiary/aromatic N) is 1. The van der Waals surface area contributed by atoms with Crippen LogP contribution < -0.4 is 5.73 Å². The summed E-state index contributed by atoms with van der Waals surface area (Å²) in [6.45, 7) is 0. The lowest BCUT2D eigenvalue weighted by Crippen LogP contribution is -2.36. The van der Waals surface area contributed by atoms with Crippen LogP contribution in [0.25, 0.3) is 0 Å². The largest absolute Gasteiger partial charge is 0.397 e. The van der Waals surface area contributed by atoms with E-state index in [1.54, 1.807) is 6.20 Å². The molecule has 1 aromatic heterocycles. The van der Waals surface area contributed by atoms with E-state index >= 15 is 0 Å². The van der Waals surface area contributed by atoms with Crippen LogP contribution in [-0.2, 0) is 9.59 Å². The lowest BCUT2D eigenvalue weighted by molar-refractivity contribution is -0.137. The Labute approximate surface area is 112 Å². The second-order valence-electron chi connectivity index (χ2n) is 5.72. The van der Waals surface area contributed by atoms with Crippen LogP contribution in [0.15, 0.2) is 18.3 Å². The predicted octanol–water partition coefficient (Wildman–Crippen LogP) is 2.24. The molecule has 0 atom stereocenters. The summed E-state index contributed by atoms with van der Waals surface area (Å²) in [5.41, 5.74) is 6.69. The molecule has 4 nitrogen and oxygen atoms in total. The number of hydrogen-bond acceptors (Lipinski definition) is 4. The molecule has 0 aromatic carbocycles. The minimum atomic E-state index is -0.635. The molecule has 19 heavy (non-hydrogen) atoms. The number of rotatable bonds is 1. The van der Waals surface area contributed by atoms with Crippen molar-refractivity contribution in [1.82, 2.24) is 4.98 Å². The van der Waals surface area contributed by atoms with Gasteiger partial charge in [-0.05, 0) is 37.8 Å². The fourth-order valence-corrected chi connectivity index (χ4v) is 3.48. The molecule has 0 unspecified atom stereocenters. The highest BCUT2D eigenvalue weighted by atomic mass is 16.2. The Morgan fingerprint density at radius 3 is 2.26 bits per heavy atom. The van der Waals surface area contributed by atoms with E-state index in [0.29, 0.717) is 37.3 Å². The number of hydrogen-bond donors (Lipinski definition) is 1. The van der Waals surface area contributed by atoms with Gasteiger partial charge in [-0.2, -0.15) is 0 Å². The van der Waals surface area contributed by atoms with Crippen LogP contribution in [0.2, 0.25) is 0 Å². The lowest BCUT2D eigenvalue weighted by atomic mass is 9.67. The Hall–Kier alpha value is -1.71. The molecule has 2 saturated carbocycles. The number of carbonyl (C=O) groups excluding carboxylic acids is 2. The molecular weight excluding hydrogens is 240 g/mol. The molecule has 0 aliphatic heterocycles. The van der Waals surface area contributed by atoms with Crippen LogP contribution in [0.4, 0.5) is 5.69 Å². The van der Waals surface area contributed by atoms with Crippen molar-refractivity contribution in [3.63, 3.8) is 0 Å². The van der Waals surface area contributed by atoms with Gasteiger partial charge in [-0.1, -0.05) is 0 Å². The van der Waals surface area contributed by atoms with E-state index < -0.39 is 5.41 Å². The molecule has 2 aliphatic carbocycles. The summed E-state index contributed by atoms with van der Waals surface area (Å²) in [6, 6.07) is 3.81. The van der Waals surface area contributed by atoms with Crippen LogP contribution in [-0.4, -0.2) is 16.6 Å². The number of pyridine rings is 1. The van der Waals surface area contributed by atoms with Gasteiger partial charge in [0.2, 0.25) is 0 Å².